The second kappa shape index (κ2) is 5.83. The summed E-state index contributed by atoms with van der Waals surface area (Å²) in [6, 6.07) is 1.77. The summed E-state index contributed by atoms with van der Waals surface area (Å²) in [6.07, 6.45) is -0.742. The maximum atomic E-state index is 12.8. The van der Waals surface area contributed by atoms with E-state index in [4.69, 9.17) is 0 Å². The number of hydrogen-bond donors (Lipinski definition) is 2. The summed E-state index contributed by atoms with van der Waals surface area (Å²) in [5, 5.41) is 17.1. The van der Waals surface area contributed by atoms with Crippen LogP contribution in [0.5, 0.6) is 0 Å². The SMILES string of the molecule is O=C(C1CCc2nc(C(F)(F)F)cn2C1)N1CC(O)(Cc2ccn[nH]2)C1. The first-order valence-corrected chi connectivity index (χ1v) is 8.36. The van der Waals surface area contributed by atoms with Crippen LogP contribution in [0.3, 0.4) is 0 Å². The van der Waals surface area contributed by atoms with Gasteiger partial charge in [-0.1, -0.05) is 0 Å². The number of imidazole rings is 1. The van der Waals surface area contributed by atoms with Crippen molar-refractivity contribution in [2.24, 2.45) is 5.92 Å². The molecule has 0 spiro atoms. The molecule has 2 aliphatic rings. The molecule has 1 amide bonds. The number of β-amino-alcohol motifs (C(OH)–C–C–N with tert-alkyl or cyclic N) is 1. The molecule has 0 radical (unpaired) electrons. The van der Waals surface area contributed by atoms with Crippen LogP contribution in [0.1, 0.15) is 23.6 Å². The lowest BCUT2D eigenvalue weighted by atomic mass is 9.86. The van der Waals surface area contributed by atoms with Crippen LogP contribution in [0.25, 0.3) is 0 Å². The minimum absolute atomic E-state index is 0.132. The second-order valence-electron chi connectivity index (χ2n) is 7.11. The molecule has 1 fully saturated rings. The number of nitrogens with one attached hydrogen (secondary N) is 1. The lowest BCUT2D eigenvalue weighted by Gasteiger charge is -2.47. The van der Waals surface area contributed by atoms with E-state index in [0.717, 1.165) is 11.9 Å². The number of likely N-dealkylation sites (tertiary alicyclic amines) is 1. The number of halogens is 3. The van der Waals surface area contributed by atoms with E-state index in [1.54, 1.807) is 17.2 Å². The zero-order valence-electron chi connectivity index (χ0n) is 13.8. The van der Waals surface area contributed by atoms with Crippen LogP contribution in [0, 0.1) is 5.92 Å². The van der Waals surface area contributed by atoms with Gasteiger partial charge in [-0.05, 0) is 12.5 Å². The van der Waals surface area contributed by atoms with Crippen molar-refractivity contribution in [3.8, 4) is 0 Å². The Bertz CT molecular complexity index is 808. The van der Waals surface area contributed by atoms with Crippen LogP contribution < -0.4 is 0 Å². The molecule has 140 valence electrons. The molecule has 7 nitrogen and oxygen atoms in total. The number of alkyl halides is 3. The summed E-state index contributed by atoms with van der Waals surface area (Å²) in [4.78, 5) is 17.8. The third kappa shape index (κ3) is 3.09. The molecule has 0 aromatic carbocycles. The molecule has 0 aliphatic carbocycles. The predicted molar refractivity (Wildman–Crippen MR) is 82.9 cm³/mol. The van der Waals surface area contributed by atoms with Gasteiger partial charge in [0.2, 0.25) is 5.91 Å². The second-order valence-corrected chi connectivity index (χ2v) is 7.11. The van der Waals surface area contributed by atoms with Crippen molar-refractivity contribution in [3.05, 3.63) is 35.7 Å². The van der Waals surface area contributed by atoms with Crippen LogP contribution in [0.2, 0.25) is 0 Å². The molecule has 2 aromatic heterocycles. The largest absolute Gasteiger partial charge is 0.434 e. The van der Waals surface area contributed by atoms with Crippen molar-refractivity contribution in [3.63, 3.8) is 0 Å². The van der Waals surface area contributed by atoms with E-state index >= 15 is 0 Å². The van der Waals surface area contributed by atoms with Gasteiger partial charge in [-0.25, -0.2) is 4.98 Å². The molecule has 2 aliphatic heterocycles. The summed E-state index contributed by atoms with van der Waals surface area (Å²) in [6.45, 7) is 0.616. The highest BCUT2D eigenvalue weighted by atomic mass is 19.4. The first-order chi connectivity index (χ1) is 12.2. The van der Waals surface area contributed by atoms with Gasteiger partial charge < -0.3 is 14.6 Å². The lowest BCUT2D eigenvalue weighted by molar-refractivity contribution is -0.160. The van der Waals surface area contributed by atoms with E-state index in [0.29, 0.717) is 25.1 Å². The Kier molecular flexibility index (Phi) is 3.83. The van der Waals surface area contributed by atoms with Crippen molar-refractivity contribution in [1.82, 2.24) is 24.6 Å². The zero-order valence-corrected chi connectivity index (χ0v) is 13.8. The van der Waals surface area contributed by atoms with Crippen molar-refractivity contribution in [2.45, 2.75) is 37.6 Å². The van der Waals surface area contributed by atoms with E-state index < -0.39 is 23.4 Å². The standard InChI is InChI=1S/C16H18F3N5O2/c17-16(18,19)12-7-23-6-10(1-2-13(23)21-12)14(25)24-8-15(26,9-24)5-11-3-4-20-22-11/h3-4,7,10,26H,1-2,5-6,8-9H2,(H,20,22). The van der Waals surface area contributed by atoms with Gasteiger partial charge in [0.05, 0.1) is 19.0 Å². The highest BCUT2D eigenvalue weighted by Crippen LogP contribution is 2.32. The van der Waals surface area contributed by atoms with Crippen LogP contribution in [-0.4, -0.2) is 54.4 Å². The van der Waals surface area contributed by atoms with Crippen molar-refractivity contribution in [2.75, 3.05) is 13.1 Å². The van der Waals surface area contributed by atoms with Crippen LogP contribution >= 0.6 is 0 Å². The number of fused-ring (bicyclic) bond motifs is 1. The number of amides is 1. The Balaban J connectivity index is 1.37. The van der Waals surface area contributed by atoms with E-state index in [-0.39, 0.29) is 25.5 Å². The number of H-pyrrole nitrogens is 1. The average Bonchev–Trinajstić information content (AvgIpc) is 3.19. The first kappa shape index (κ1) is 17.1. The number of rotatable bonds is 3. The van der Waals surface area contributed by atoms with E-state index in [2.05, 4.69) is 15.2 Å². The molecule has 0 bridgehead atoms. The molecular formula is C16H18F3N5O2. The molecule has 4 heterocycles. The fraction of sp³-hybridized carbons (Fsp3) is 0.562. The number of aromatic nitrogens is 4. The van der Waals surface area contributed by atoms with Crippen LogP contribution in [0.15, 0.2) is 18.5 Å². The molecule has 10 heteroatoms. The number of aryl methyl sites for hydroxylation is 1. The first-order valence-electron chi connectivity index (χ1n) is 8.36. The van der Waals surface area contributed by atoms with Gasteiger partial charge in [0.1, 0.15) is 11.4 Å². The van der Waals surface area contributed by atoms with Crippen molar-refractivity contribution >= 4 is 5.91 Å². The summed E-state index contributed by atoms with van der Waals surface area (Å²) < 4.78 is 39.8. The highest BCUT2D eigenvalue weighted by Gasteiger charge is 2.46. The molecule has 2 aromatic rings. The van der Waals surface area contributed by atoms with Crippen molar-refractivity contribution in [1.29, 1.82) is 0 Å². The topological polar surface area (TPSA) is 87.0 Å². The minimum Gasteiger partial charge on any atom is -0.386 e. The Morgan fingerprint density at radius 1 is 1.42 bits per heavy atom. The van der Waals surface area contributed by atoms with Crippen LogP contribution in [-0.2, 0) is 30.4 Å². The number of aromatic amines is 1. The molecule has 2 N–H and O–H groups in total. The maximum Gasteiger partial charge on any atom is 0.434 e. The lowest BCUT2D eigenvalue weighted by Crippen LogP contribution is -2.65. The maximum absolute atomic E-state index is 12.8. The fourth-order valence-corrected chi connectivity index (χ4v) is 3.71. The van der Waals surface area contributed by atoms with E-state index in [9.17, 15) is 23.1 Å². The molecule has 26 heavy (non-hydrogen) atoms. The minimum atomic E-state index is -4.48. The molecule has 1 saturated heterocycles. The number of carbonyl (C=O) groups excluding carboxylic acids is 1. The van der Waals surface area contributed by atoms with Gasteiger partial charge in [0, 0.05) is 37.5 Å². The van der Waals surface area contributed by atoms with E-state index in [1.807, 2.05) is 0 Å². The Hall–Kier alpha value is -2.36. The van der Waals surface area contributed by atoms with Crippen LogP contribution in [0.4, 0.5) is 13.2 Å². The Morgan fingerprint density at radius 2 is 2.19 bits per heavy atom. The summed E-state index contributed by atoms with van der Waals surface area (Å²) >= 11 is 0. The smallest absolute Gasteiger partial charge is 0.386 e. The summed E-state index contributed by atoms with van der Waals surface area (Å²) in [7, 11) is 0. The molecule has 1 atom stereocenters. The third-order valence-corrected chi connectivity index (χ3v) is 4.99. The Morgan fingerprint density at radius 3 is 2.85 bits per heavy atom. The normalized spacial score (nSPS) is 22.0. The van der Waals surface area contributed by atoms with Gasteiger partial charge in [0.15, 0.2) is 5.69 Å². The van der Waals surface area contributed by atoms with Crippen molar-refractivity contribution < 1.29 is 23.1 Å². The molecular weight excluding hydrogens is 351 g/mol. The van der Waals surface area contributed by atoms with E-state index in [1.165, 1.54) is 4.57 Å². The number of carbonyl (C=O) groups is 1. The fourth-order valence-electron chi connectivity index (χ4n) is 3.71. The van der Waals surface area contributed by atoms with Gasteiger partial charge in [-0.15, -0.1) is 0 Å². The number of nitrogens with zero attached hydrogens (tertiary/aromatic N) is 4. The van der Waals surface area contributed by atoms with Gasteiger partial charge >= 0.3 is 6.18 Å². The third-order valence-electron chi connectivity index (χ3n) is 4.99. The zero-order chi connectivity index (χ0) is 18.5. The monoisotopic (exact) mass is 369 g/mol. The Labute approximate surface area is 146 Å². The van der Waals surface area contributed by atoms with Gasteiger partial charge in [-0.2, -0.15) is 18.3 Å². The predicted octanol–water partition coefficient (Wildman–Crippen LogP) is 1.00. The number of hydrogen-bond acceptors (Lipinski definition) is 4. The summed E-state index contributed by atoms with van der Waals surface area (Å²) in [5.74, 6) is -0.164. The van der Waals surface area contributed by atoms with Gasteiger partial charge in [0.25, 0.3) is 0 Å². The molecule has 0 saturated carbocycles. The average molecular weight is 369 g/mol. The molecule has 1 unspecified atom stereocenters. The molecule has 4 rings (SSSR count). The highest BCUT2D eigenvalue weighted by molar-refractivity contribution is 5.80. The van der Waals surface area contributed by atoms with Gasteiger partial charge in [-0.3, -0.25) is 9.89 Å². The number of aliphatic hydroxyl groups is 1. The summed E-state index contributed by atoms with van der Waals surface area (Å²) in [5.41, 5.74) is -1.11. The quantitative estimate of drug-likeness (QED) is 0.845.